The van der Waals surface area contributed by atoms with Gasteiger partial charge in [-0.3, -0.25) is 10.1 Å². The minimum Gasteiger partial charge on any atom is -0.485 e. The van der Waals surface area contributed by atoms with Gasteiger partial charge in [0.15, 0.2) is 0 Å². The van der Waals surface area contributed by atoms with E-state index in [4.69, 9.17) is 9.26 Å². The molecule has 1 heterocycles. The third kappa shape index (κ3) is 4.71. The first kappa shape index (κ1) is 13.3. The van der Waals surface area contributed by atoms with Crippen molar-refractivity contribution < 1.29 is 23.6 Å². The normalized spacial score (nSPS) is 12.9. The average molecular weight is 243 g/mol. The number of hydrogen-bond donors (Lipinski definition) is 0. The van der Waals surface area contributed by atoms with Gasteiger partial charge in [-0.25, -0.2) is 9.48 Å². The second kappa shape index (κ2) is 5.03. The minimum absolute atomic E-state index is 0.101. The van der Waals surface area contributed by atoms with Crippen LogP contribution in [0, 0.1) is 0 Å². The molecular weight excluding hydrogens is 226 g/mol. The van der Waals surface area contributed by atoms with E-state index >= 15 is 0 Å². The molecule has 0 amide bonds. The number of ether oxygens (including phenoxy) is 1. The zero-order valence-electron chi connectivity index (χ0n) is 10.6. The molecule has 7 nitrogen and oxygen atoms in total. The minimum atomic E-state index is -0.884. The summed E-state index contributed by atoms with van der Waals surface area (Å²) in [5, 5.41) is 7.15. The highest BCUT2D eigenvalue weighted by atomic mass is 16.8. The average Bonchev–Trinajstić information content (AvgIpc) is 2.60. The van der Waals surface area contributed by atoms with Gasteiger partial charge in [0.05, 0.1) is 0 Å². The van der Waals surface area contributed by atoms with Crippen LogP contribution in [0.25, 0.3) is 0 Å². The molecule has 0 atom stereocenters. The molecule has 17 heavy (non-hydrogen) atoms. The first-order chi connectivity index (χ1) is 7.78. The predicted octanol–water partition coefficient (Wildman–Crippen LogP) is 0.873. The molecule has 0 saturated carbocycles. The van der Waals surface area contributed by atoms with Crippen LogP contribution in [0.15, 0.2) is 15.9 Å². The van der Waals surface area contributed by atoms with Crippen LogP contribution in [0.5, 0.6) is 0 Å². The van der Waals surface area contributed by atoms with E-state index in [2.05, 4.69) is 15.3 Å². The largest absolute Gasteiger partial charge is 0.535 e. The van der Waals surface area contributed by atoms with Crippen molar-refractivity contribution in [3.05, 3.63) is 11.8 Å². The fraction of sp³-hybridized carbons (Fsp3) is 0.700. The topological polar surface area (TPSA) is 79.0 Å². The Balaban J connectivity index is 2.61. The number of rotatable bonds is 2. The van der Waals surface area contributed by atoms with Crippen molar-refractivity contribution in [1.29, 1.82) is 0 Å². The van der Waals surface area contributed by atoms with Crippen LogP contribution >= 0.6 is 0 Å². The van der Waals surface area contributed by atoms with Crippen LogP contribution < -0.4 is 15.5 Å². The summed E-state index contributed by atoms with van der Waals surface area (Å²) in [6, 6.07) is 0.143. The summed E-state index contributed by atoms with van der Waals surface area (Å²) in [7, 11) is 0. The number of nitrogens with zero attached hydrogens (tertiary/aromatic N) is 3. The van der Waals surface area contributed by atoms with Gasteiger partial charge in [0.2, 0.25) is 6.20 Å². The first-order valence-corrected chi connectivity index (χ1v) is 5.27. The molecule has 1 rings (SSSR count). The maximum atomic E-state index is 11.2. The van der Waals surface area contributed by atoms with Crippen LogP contribution in [0.4, 0.5) is 4.79 Å². The highest BCUT2D eigenvalue weighted by Crippen LogP contribution is 2.07. The molecule has 0 saturated heterocycles. The van der Waals surface area contributed by atoms with Gasteiger partial charge in [-0.15, -0.1) is 0 Å². The van der Waals surface area contributed by atoms with Crippen molar-refractivity contribution >= 4 is 6.16 Å². The number of aromatic nitrogens is 2. The van der Waals surface area contributed by atoms with Gasteiger partial charge < -0.3 is 9.26 Å². The van der Waals surface area contributed by atoms with E-state index in [9.17, 15) is 4.79 Å². The summed E-state index contributed by atoms with van der Waals surface area (Å²) in [6.07, 6.45) is 0.639. The Hall–Kier alpha value is -1.79. The molecule has 0 fully saturated rings. The van der Waals surface area contributed by atoms with Crippen molar-refractivity contribution in [3.8, 4) is 0 Å². The van der Waals surface area contributed by atoms with Gasteiger partial charge in [-0.1, -0.05) is 0 Å². The summed E-state index contributed by atoms with van der Waals surface area (Å²) in [5.74, 6) is 0. The molecule has 1 aromatic heterocycles. The summed E-state index contributed by atoms with van der Waals surface area (Å²) in [5.41, 5.74) is -0.518. The Bertz CT molecular complexity index is 439. The van der Waals surface area contributed by atoms with E-state index in [1.54, 1.807) is 25.5 Å². The molecule has 0 radical (unpaired) electrons. The lowest BCUT2D eigenvalue weighted by atomic mass is 10.2. The molecule has 0 aromatic carbocycles. The Labute approximate surface area is 99.0 Å². The van der Waals surface area contributed by atoms with Gasteiger partial charge in [0.25, 0.3) is 0 Å². The quantitative estimate of drug-likeness (QED) is 0.333. The van der Waals surface area contributed by atoms with Crippen molar-refractivity contribution in [2.24, 2.45) is 5.16 Å². The zero-order valence-corrected chi connectivity index (χ0v) is 10.6. The van der Waals surface area contributed by atoms with Crippen LogP contribution in [0.1, 0.15) is 40.7 Å². The van der Waals surface area contributed by atoms with Crippen LogP contribution in [-0.4, -0.2) is 11.8 Å². The molecule has 0 aliphatic rings. The van der Waals surface area contributed by atoms with Crippen molar-refractivity contribution in [3.63, 3.8) is 0 Å². The predicted molar refractivity (Wildman–Crippen MR) is 55.5 cm³/mol. The summed E-state index contributed by atoms with van der Waals surface area (Å²) in [6.45, 7) is 9.06. The van der Waals surface area contributed by atoms with Gasteiger partial charge in [-0.2, -0.15) is 0 Å². The summed E-state index contributed by atoms with van der Waals surface area (Å²) >= 11 is 0. The fourth-order valence-electron chi connectivity index (χ4n) is 0.884. The summed E-state index contributed by atoms with van der Waals surface area (Å²) in [4.78, 5) is 15.7. The summed E-state index contributed by atoms with van der Waals surface area (Å²) < 4.78 is 11.3. The van der Waals surface area contributed by atoms with Crippen LogP contribution in [-0.2, 0) is 9.57 Å². The molecule has 1 aromatic rings. The lowest BCUT2D eigenvalue weighted by Crippen LogP contribution is -2.39. The highest BCUT2D eigenvalue weighted by molar-refractivity contribution is 5.60. The third-order valence-electron chi connectivity index (χ3n) is 1.60. The van der Waals surface area contributed by atoms with Crippen molar-refractivity contribution in [2.75, 3.05) is 0 Å². The molecule has 0 bridgehead atoms. The first-order valence-electron chi connectivity index (χ1n) is 5.27. The third-order valence-corrected chi connectivity index (χ3v) is 1.60. The lowest BCUT2D eigenvalue weighted by Gasteiger charge is -2.16. The van der Waals surface area contributed by atoms with Gasteiger partial charge in [0, 0.05) is 0 Å². The molecule has 0 unspecified atom stereocenters. The molecule has 0 aliphatic heterocycles. The van der Waals surface area contributed by atoms with E-state index in [-0.39, 0.29) is 11.6 Å². The molecule has 7 heteroatoms. The van der Waals surface area contributed by atoms with E-state index in [1.165, 1.54) is 6.20 Å². The van der Waals surface area contributed by atoms with E-state index in [0.29, 0.717) is 0 Å². The van der Waals surface area contributed by atoms with Gasteiger partial charge >= 0.3 is 11.7 Å². The van der Waals surface area contributed by atoms with E-state index in [1.807, 2.05) is 13.8 Å². The molecule has 0 N–H and O–H groups in total. The fourth-order valence-corrected chi connectivity index (χ4v) is 0.884. The highest BCUT2D eigenvalue weighted by Gasteiger charge is 2.17. The Kier molecular flexibility index (Phi) is 3.93. The Morgan fingerprint density at radius 1 is 1.53 bits per heavy atom. The van der Waals surface area contributed by atoms with Crippen molar-refractivity contribution in [1.82, 2.24) is 5.27 Å². The van der Waals surface area contributed by atoms with Gasteiger partial charge in [0.1, 0.15) is 11.6 Å². The molecule has 0 spiro atoms. The van der Waals surface area contributed by atoms with E-state index < -0.39 is 11.8 Å². The standard InChI is InChI=1S/C10H17N3O4/c1-7(2)13-6-8(16-12-13)11-17-9(14)15-10(3,4)5/h6-7H,1-5H3/b11-8-. The smallest absolute Gasteiger partial charge is 0.485 e. The van der Waals surface area contributed by atoms with E-state index in [0.717, 1.165) is 0 Å². The van der Waals surface area contributed by atoms with Crippen molar-refractivity contribution in [2.45, 2.75) is 46.3 Å². The molecule has 0 aliphatic carbocycles. The monoisotopic (exact) mass is 243 g/mol. The maximum Gasteiger partial charge on any atom is 0.535 e. The van der Waals surface area contributed by atoms with Crippen LogP contribution in [0.2, 0.25) is 0 Å². The number of carbonyl (C=O) groups excluding carboxylic acids is 1. The second-order valence-corrected chi connectivity index (χ2v) is 4.76. The zero-order chi connectivity index (χ0) is 13.1. The second-order valence-electron chi connectivity index (χ2n) is 4.76. The Morgan fingerprint density at radius 3 is 2.65 bits per heavy atom. The Morgan fingerprint density at radius 2 is 2.18 bits per heavy atom. The SMILES string of the molecule is CC(C)[n+]1c/c(=N/OC(=O)OC(C)(C)C)o[n-]1. The van der Waals surface area contributed by atoms with Crippen LogP contribution in [0.3, 0.4) is 0 Å². The number of carbonyl (C=O) groups is 1. The maximum absolute atomic E-state index is 11.2. The number of hydrogen-bond acceptors (Lipinski definition) is 5. The lowest BCUT2D eigenvalue weighted by molar-refractivity contribution is -0.784. The molecular formula is C10H17N3O4. The van der Waals surface area contributed by atoms with Gasteiger partial charge in [-0.05, 0) is 39.8 Å². The molecule has 96 valence electrons.